The van der Waals surface area contributed by atoms with Crippen LogP contribution in [0, 0.1) is 0 Å². The van der Waals surface area contributed by atoms with Gasteiger partial charge in [-0.25, -0.2) is 4.79 Å². The quantitative estimate of drug-likeness (QED) is 0.726. The Morgan fingerprint density at radius 3 is 2.68 bits per heavy atom. The van der Waals surface area contributed by atoms with Gasteiger partial charge in [0.1, 0.15) is 5.75 Å². The fourth-order valence-electron chi connectivity index (χ4n) is 4.62. The number of piperidine rings is 1. The summed E-state index contributed by atoms with van der Waals surface area (Å²) in [5, 5.41) is 3.05. The topological polar surface area (TPSA) is 61.9 Å². The van der Waals surface area contributed by atoms with Crippen LogP contribution >= 0.6 is 0 Å². The summed E-state index contributed by atoms with van der Waals surface area (Å²) in [6, 6.07) is 16.1. The van der Waals surface area contributed by atoms with E-state index < -0.39 is 0 Å². The summed E-state index contributed by atoms with van der Waals surface area (Å²) < 4.78 is 5.52. The molecule has 164 valence electrons. The number of hydrogen-bond donors (Lipinski definition) is 1. The maximum atomic E-state index is 13.1. The lowest BCUT2D eigenvalue weighted by atomic mass is 9.96. The molecule has 0 radical (unpaired) electrons. The molecule has 0 aromatic heterocycles. The van der Waals surface area contributed by atoms with E-state index in [2.05, 4.69) is 29.6 Å². The number of urea groups is 1. The molecule has 2 fully saturated rings. The van der Waals surface area contributed by atoms with Gasteiger partial charge in [-0.3, -0.25) is 4.79 Å². The number of rotatable bonds is 6. The number of methoxy groups -OCH3 is 1. The van der Waals surface area contributed by atoms with Gasteiger partial charge < -0.3 is 19.9 Å². The standard InChI is InChI=1S/C25H31N3O3/c1-31-23-18-20(13-15-22(23)28-17-7-11-24(28)29)26-25(30)27-16-6-5-10-21(27)14-12-19-8-3-2-4-9-19/h2-4,8-9,13,15,18,21H,5-7,10-12,14,16-17H2,1H3,(H,26,30). The Morgan fingerprint density at radius 1 is 1.10 bits per heavy atom. The molecule has 0 spiro atoms. The van der Waals surface area contributed by atoms with E-state index in [4.69, 9.17) is 4.74 Å². The van der Waals surface area contributed by atoms with E-state index >= 15 is 0 Å². The monoisotopic (exact) mass is 421 g/mol. The van der Waals surface area contributed by atoms with Crippen LogP contribution in [0.4, 0.5) is 16.2 Å². The molecule has 1 atom stereocenters. The molecule has 0 saturated carbocycles. The van der Waals surface area contributed by atoms with E-state index in [0.717, 1.165) is 50.8 Å². The highest BCUT2D eigenvalue weighted by atomic mass is 16.5. The number of nitrogens with zero attached hydrogens (tertiary/aromatic N) is 2. The highest BCUT2D eigenvalue weighted by Gasteiger charge is 2.28. The molecule has 1 N–H and O–H groups in total. The third-order valence-electron chi connectivity index (χ3n) is 6.29. The number of ether oxygens (including phenoxy) is 1. The van der Waals surface area contributed by atoms with Crippen LogP contribution in [0.25, 0.3) is 0 Å². The van der Waals surface area contributed by atoms with E-state index in [9.17, 15) is 9.59 Å². The highest BCUT2D eigenvalue weighted by Crippen LogP contribution is 2.34. The SMILES string of the molecule is COc1cc(NC(=O)N2CCCCC2CCc2ccccc2)ccc1N1CCCC1=O. The summed E-state index contributed by atoms with van der Waals surface area (Å²) in [5.74, 6) is 0.719. The number of likely N-dealkylation sites (tertiary alicyclic amines) is 1. The summed E-state index contributed by atoms with van der Waals surface area (Å²) in [5.41, 5.74) is 2.76. The van der Waals surface area contributed by atoms with Gasteiger partial charge in [-0.05, 0) is 56.2 Å². The van der Waals surface area contributed by atoms with Crippen molar-refractivity contribution in [1.29, 1.82) is 0 Å². The van der Waals surface area contributed by atoms with Gasteiger partial charge in [0.05, 0.1) is 12.8 Å². The fraction of sp³-hybridized carbons (Fsp3) is 0.440. The molecular weight excluding hydrogens is 390 g/mol. The van der Waals surface area contributed by atoms with E-state index in [1.807, 2.05) is 29.2 Å². The molecule has 2 aromatic carbocycles. The van der Waals surface area contributed by atoms with Gasteiger partial charge in [0.15, 0.2) is 0 Å². The van der Waals surface area contributed by atoms with Crippen molar-refractivity contribution in [2.24, 2.45) is 0 Å². The summed E-state index contributed by atoms with van der Waals surface area (Å²) in [4.78, 5) is 28.9. The van der Waals surface area contributed by atoms with Gasteiger partial charge in [-0.2, -0.15) is 0 Å². The molecule has 2 heterocycles. The second-order valence-corrected chi connectivity index (χ2v) is 8.33. The Bertz CT molecular complexity index is 915. The summed E-state index contributed by atoms with van der Waals surface area (Å²) in [6.45, 7) is 1.49. The van der Waals surface area contributed by atoms with Crippen LogP contribution < -0.4 is 15.0 Å². The normalized spacial score (nSPS) is 18.9. The van der Waals surface area contributed by atoms with Crippen molar-refractivity contribution >= 4 is 23.3 Å². The van der Waals surface area contributed by atoms with E-state index in [1.54, 1.807) is 12.0 Å². The van der Waals surface area contributed by atoms with Crippen molar-refractivity contribution < 1.29 is 14.3 Å². The lowest BCUT2D eigenvalue weighted by molar-refractivity contribution is -0.117. The number of carbonyl (C=O) groups excluding carboxylic acids is 2. The zero-order valence-corrected chi connectivity index (χ0v) is 18.2. The molecule has 2 aromatic rings. The fourth-order valence-corrected chi connectivity index (χ4v) is 4.62. The zero-order chi connectivity index (χ0) is 21.6. The van der Waals surface area contributed by atoms with E-state index in [0.29, 0.717) is 24.4 Å². The number of anilines is 2. The van der Waals surface area contributed by atoms with Gasteiger partial charge in [0.25, 0.3) is 0 Å². The number of benzene rings is 2. The van der Waals surface area contributed by atoms with Crippen molar-refractivity contribution in [2.75, 3.05) is 30.4 Å². The molecule has 4 rings (SSSR count). The Balaban J connectivity index is 1.42. The summed E-state index contributed by atoms with van der Waals surface area (Å²) in [7, 11) is 1.59. The third-order valence-corrected chi connectivity index (χ3v) is 6.29. The molecule has 0 bridgehead atoms. The van der Waals surface area contributed by atoms with Crippen LogP contribution in [0.1, 0.15) is 44.1 Å². The first-order chi connectivity index (χ1) is 15.2. The molecule has 2 aliphatic heterocycles. The molecule has 31 heavy (non-hydrogen) atoms. The number of amides is 3. The Morgan fingerprint density at radius 2 is 1.94 bits per heavy atom. The predicted octanol–water partition coefficient (Wildman–Crippen LogP) is 4.84. The summed E-state index contributed by atoms with van der Waals surface area (Å²) >= 11 is 0. The maximum absolute atomic E-state index is 13.1. The molecule has 0 aliphatic carbocycles. The third kappa shape index (κ3) is 5.01. The van der Waals surface area contributed by atoms with Crippen LogP contribution in [-0.2, 0) is 11.2 Å². The van der Waals surface area contributed by atoms with Crippen molar-refractivity contribution in [2.45, 2.75) is 51.0 Å². The molecule has 2 aliphatic rings. The Labute approximate surface area is 184 Å². The van der Waals surface area contributed by atoms with Crippen LogP contribution in [0.2, 0.25) is 0 Å². The molecule has 6 nitrogen and oxygen atoms in total. The lowest BCUT2D eigenvalue weighted by Gasteiger charge is -2.36. The first-order valence-corrected chi connectivity index (χ1v) is 11.3. The Hall–Kier alpha value is -3.02. The average Bonchev–Trinajstić information content (AvgIpc) is 3.24. The first kappa shape index (κ1) is 21.2. The van der Waals surface area contributed by atoms with Crippen LogP contribution in [0.3, 0.4) is 0 Å². The molecule has 1 unspecified atom stereocenters. The minimum Gasteiger partial charge on any atom is -0.494 e. The molecule has 6 heteroatoms. The number of hydrogen-bond acceptors (Lipinski definition) is 3. The Kier molecular flexibility index (Phi) is 6.75. The lowest BCUT2D eigenvalue weighted by Crippen LogP contribution is -2.46. The van der Waals surface area contributed by atoms with Gasteiger partial charge in [-0.15, -0.1) is 0 Å². The second kappa shape index (κ2) is 9.86. The smallest absolute Gasteiger partial charge is 0.322 e. The summed E-state index contributed by atoms with van der Waals surface area (Å²) in [6.07, 6.45) is 6.61. The van der Waals surface area contributed by atoms with Gasteiger partial charge in [0.2, 0.25) is 5.91 Å². The predicted molar refractivity (Wildman–Crippen MR) is 123 cm³/mol. The highest BCUT2D eigenvalue weighted by molar-refractivity contribution is 5.97. The molecular formula is C25H31N3O3. The maximum Gasteiger partial charge on any atom is 0.322 e. The van der Waals surface area contributed by atoms with Crippen LogP contribution in [0.5, 0.6) is 5.75 Å². The van der Waals surface area contributed by atoms with Crippen LogP contribution in [-0.4, -0.2) is 43.1 Å². The van der Waals surface area contributed by atoms with E-state index in [-0.39, 0.29) is 18.0 Å². The minimum atomic E-state index is -0.0650. The van der Waals surface area contributed by atoms with E-state index in [1.165, 1.54) is 5.56 Å². The molecule has 2 saturated heterocycles. The van der Waals surface area contributed by atoms with Crippen LogP contribution in [0.15, 0.2) is 48.5 Å². The minimum absolute atomic E-state index is 0.0650. The average molecular weight is 422 g/mol. The number of carbonyl (C=O) groups is 2. The van der Waals surface area contributed by atoms with Gasteiger partial charge in [-0.1, -0.05) is 30.3 Å². The van der Waals surface area contributed by atoms with Gasteiger partial charge >= 0.3 is 6.03 Å². The van der Waals surface area contributed by atoms with Crippen molar-refractivity contribution in [3.05, 3.63) is 54.1 Å². The van der Waals surface area contributed by atoms with Crippen molar-refractivity contribution in [1.82, 2.24) is 4.90 Å². The molecule has 3 amide bonds. The largest absolute Gasteiger partial charge is 0.494 e. The first-order valence-electron chi connectivity index (χ1n) is 11.3. The van der Waals surface area contributed by atoms with Crippen molar-refractivity contribution in [3.63, 3.8) is 0 Å². The van der Waals surface area contributed by atoms with Gasteiger partial charge in [0, 0.05) is 37.3 Å². The van der Waals surface area contributed by atoms with Crippen molar-refractivity contribution in [3.8, 4) is 5.75 Å². The number of nitrogens with one attached hydrogen (secondary N) is 1. The number of aryl methyl sites for hydroxylation is 1. The second-order valence-electron chi connectivity index (χ2n) is 8.33. The zero-order valence-electron chi connectivity index (χ0n) is 18.2.